The standard InChI is InChI=1S/C32H28Br2N2O4S/c1-5-39-31(38)27-20(4)35-32-36(28(27)23-11-9-18(2)10-12-23)30(37)26(41-32)16-22-14-24(33)29(25(34)15-22)40-17-21-8-6-7-19(3)13-21/h6-16,28H,5,17H2,1-4H3/b26-16+/t28-/m1/s1. The lowest BCUT2D eigenvalue weighted by Gasteiger charge is -2.24. The molecule has 0 aliphatic carbocycles. The molecule has 0 unspecified atom stereocenters. The first-order valence-corrected chi connectivity index (χ1v) is 15.5. The van der Waals surface area contributed by atoms with Crippen LogP contribution >= 0.6 is 43.2 Å². The van der Waals surface area contributed by atoms with Crippen molar-refractivity contribution in [2.45, 2.75) is 40.3 Å². The summed E-state index contributed by atoms with van der Waals surface area (Å²) in [7, 11) is 0. The number of aryl methyl sites for hydroxylation is 2. The van der Waals surface area contributed by atoms with Crippen LogP contribution in [0.3, 0.4) is 0 Å². The average molecular weight is 696 g/mol. The van der Waals surface area contributed by atoms with Crippen molar-refractivity contribution in [1.29, 1.82) is 0 Å². The summed E-state index contributed by atoms with van der Waals surface area (Å²) in [6, 6.07) is 19.2. The molecule has 1 aliphatic rings. The molecule has 4 aromatic rings. The topological polar surface area (TPSA) is 69.9 Å². The fourth-order valence-corrected chi connectivity index (χ4v) is 7.26. The van der Waals surface area contributed by atoms with E-state index in [9.17, 15) is 9.59 Å². The van der Waals surface area contributed by atoms with Crippen molar-refractivity contribution in [3.63, 3.8) is 0 Å². The Hall–Kier alpha value is -3.27. The van der Waals surface area contributed by atoms with Crippen LogP contribution in [0.15, 0.2) is 90.7 Å². The number of fused-ring (bicyclic) bond motifs is 1. The first kappa shape index (κ1) is 29.2. The zero-order valence-corrected chi connectivity index (χ0v) is 27.0. The lowest BCUT2D eigenvalue weighted by Crippen LogP contribution is -2.39. The van der Waals surface area contributed by atoms with E-state index >= 15 is 0 Å². The van der Waals surface area contributed by atoms with E-state index in [4.69, 9.17) is 9.47 Å². The van der Waals surface area contributed by atoms with Gasteiger partial charge in [0.2, 0.25) is 0 Å². The molecule has 2 heterocycles. The Morgan fingerprint density at radius 2 is 1.73 bits per heavy atom. The molecule has 0 bridgehead atoms. The zero-order valence-electron chi connectivity index (χ0n) is 23.0. The SMILES string of the molecule is CCOC(=O)C1=C(C)N=c2s/c(=C/c3cc(Br)c(OCc4cccc(C)c4)c(Br)c3)c(=O)n2[C@@H]1c1ccc(C)cc1. The Morgan fingerprint density at radius 1 is 1.02 bits per heavy atom. The molecular weight excluding hydrogens is 668 g/mol. The summed E-state index contributed by atoms with van der Waals surface area (Å²) in [5, 5.41) is 0. The van der Waals surface area contributed by atoms with Crippen molar-refractivity contribution < 1.29 is 14.3 Å². The molecule has 1 atom stereocenters. The van der Waals surface area contributed by atoms with Crippen molar-refractivity contribution in [2.75, 3.05) is 6.61 Å². The van der Waals surface area contributed by atoms with Crippen LogP contribution in [0, 0.1) is 13.8 Å². The molecule has 9 heteroatoms. The number of aromatic nitrogens is 1. The van der Waals surface area contributed by atoms with Crippen LogP contribution in [0.1, 0.15) is 47.7 Å². The van der Waals surface area contributed by atoms with E-state index in [-0.39, 0.29) is 12.2 Å². The second-order valence-corrected chi connectivity index (χ2v) is 12.5. The number of carbonyl (C=O) groups excluding carboxylic acids is 1. The van der Waals surface area contributed by atoms with Crippen LogP contribution in [0.2, 0.25) is 0 Å². The maximum atomic E-state index is 13.9. The van der Waals surface area contributed by atoms with Gasteiger partial charge in [-0.2, -0.15) is 0 Å². The molecule has 6 nitrogen and oxygen atoms in total. The van der Waals surface area contributed by atoms with Gasteiger partial charge in [0.15, 0.2) is 4.80 Å². The van der Waals surface area contributed by atoms with Crippen LogP contribution in [-0.4, -0.2) is 17.1 Å². The highest BCUT2D eigenvalue weighted by molar-refractivity contribution is 9.11. The van der Waals surface area contributed by atoms with Crippen molar-refractivity contribution in [3.05, 3.63) is 128 Å². The number of esters is 1. The third-order valence-electron chi connectivity index (χ3n) is 6.69. The van der Waals surface area contributed by atoms with Gasteiger partial charge in [0.25, 0.3) is 5.56 Å². The Bertz CT molecular complexity index is 1830. The second kappa shape index (κ2) is 12.3. The molecule has 5 rings (SSSR count). The minimum atomic E-state index is -0.635. The summed E-state index contributed by atoms with van der Waals surface area (Å²) in [4.78, 5) is 32.1. The fourth-order valence-electron chi connectivity index (χ4n) is 4.77. The van der Waals surface area contributed by atoms with E-state index < -0.39 is 12.0 Å². The number of nitrogens with zero attached hydrogens (tertiary/aromatic N) is 2. The van der Waals surface area contributed by atoms with Gasteiger partial charge < -0.3 is 9.47 Å². The van der Waals surface area contributed by atoms with E-state index in [2.05, 4.69) is 55.9 Å². The zero-order chi connectivity index (χ0) is 29.3. The van der Waals surface area contributed by atoms with E-state index in [1.807, 2.05) is 61.5 Å². The molecule has 0 amide bonds. The van der Waals surface area contributed by atoms with E-state index in [0.717, 1.165) is 31.2 Å². The number of halogens is 2. The summed E-state index contributed by atoms with van der Waals surface area (Å²) in [5.41, 5.74) is 5.66. The minimum absolute atomic E-state index is 0.222. The van der Waals surface area contributed by atoms with E-state index in [1.54, 1.807) is 18.4 Å². The van der Waals surface area contributed by atoms with Crippen LogP contribution < -0.4 is 19.6 Å². The third kappa shape index (κ3) is 6.17. The van der Waals surface area contributed by atoms with Crippen molar-refractivity contribution in [2.24, 2.45) is 4.99 Å². The minimum Gasteiger partial charge on any atom is -0.487 e. The molecule has 41 heavy (non-hydrogen) atoms. The van der Waals surface area contributed by atoms with Crippen molar-refractivity contribution >= 4 is 55.2 Å². The third-order valence-corrected chi connectivity index (χ3v) is 8.86. The number of hydrogen-bond acceptors (Lipinski definition) is 6. The Morgan fingerprint density at radius 3 is 2.39 bits per heavy atom. The lowest BCUT2D eigenvalue weighted by molar-refractivity contribution is -0.139. The van der Waals surface area contributed by atoms with Gasteiger partial charge in [0, 0.05) is 0 Å². The van der Waals surface area contributed by atoms with Gasteiger partial charge in [-0.3, -0.25) is 9.36 Å². The lowest BCUT2D eigenvalue weighted by atomic mass is 9.95. The number of ether oxygens (including phenoxy) is 2. The molecule has 3 aromatic carbocycles. The molecule has 1 aliphatic heterocycles. The highest BCUT2D eigenvalue weighted by Gasteiger charge is 2.33. The molecule has 210 valence electrons. The maximum absolute atomic E-state index is 13.9. The average Bonchev–Trinajstić information content (AvgIpc) is 3.22. The summed E-state index contributed by atoms with van der Waals surface area (Å²) in [5.74, 6) is 0.210. The normalized spacial score (nSPS) is 15.0. The number of hydrogen-bond donors (Lipinski definition) is 0. The molecule has 0 saturated heterocycles. The highest BCUT2D eigenvalue weighted by Crippen LogP contribution is 2.36. The molecule has 0 spiro atoms. The smallest absolute Gasteiger partial charge is 0.338 e. The molecule has 0 N–H and O–H groups in total. The van der Waals surface area contributed by atoms with Gasteiger partial charge in [0.1, 0.15) is 12.4 Å². The molecular formula is C32H28Br2N2O4S. The number of benzene rings is 3. The van der Waals surface area contributed by atoms with Gasteiger partial charge >= 0.3 is 5.97 Å². The Kier molecular flexibility index (Phi) is 8.77. The monoisotopic (exact) mass is 694 g/mol. The number of allylic oxidation sites excluding steroid dienone is 1. The van der Waals surface area contributed by atoms with Crippen LogP contribution in [0.5, 0.6) is 5.75 Å². The summed E-state index contributed by atoms with van der Waals surface area (Å²) in [6.07, 6.45) is 1.83. The summed E-state index contributed by atoms with van der Waals surface area (Å²) < 4.78 is 15.1. The Balaban J connectivity index is 1.55. The number of carbonyl (C=O) groups is 1. The summed E-state index contributed by atoms with van der Waals surface area (Å²) in [6.45, 7) is 8.26. The van der Waals surface area contributed by atoms with Crippen LogP contribution in [0.4, 0.5) is 0 Å². The van der Waals surface area contributed by atoms with Gasteiger partial charge in [-0.05, 0) is 94.5 Å². The van der Waals surface area contributed by atoms with Gasteiger partial charge in [-0.1, -0.05) is 71.0 Å². The van der Waals surface area contributed by atoms with Crippen molar-refractivity contribution in [3.8, 4) is 5.75 Å². The predicted molar refractivity (Wildman–Crippen MR) is 169 cm³/mol. The van der Waals surface area contributed by atoms with Gasteiger partial charge in [-0.15, -0.1) is 0 Å². The van der Waals surface area contributed by atoms with Crippen LogP contribution in [0.25, 0.3) is 6.08 Å². The molecule has 0 fully saturated rings. The van der Waals surface area contributed by atoms with Crippen molar-refractivity contribution in [1.82, 2.24) is 4.57 Å². The first-order chi connectivity index (χ1) is 19.7. The van der Waals surface area contributed by atoms with Crippen LogP contribution in [-0.2, 0) is 16.1 Å². The first-order valence-electron chi connectivity index (χ1n) is 13.1. The quantitative estimate of drug-likeness (QED) is 0.207. The second-order valence-electron chi connectivity index (χ2n) is 9.80. The predicted octanol–water partition coefficient (Wildman–Crippen LogP) is 6.52. The molecule has 0 saturated carbocycles. The number of rotatable bonds is 7. The maximum Gasteiger partial charge on any atom is 0.338 e. The Labute approximate surface area is 258 Å². The van der Waals surface area contributed by atoms with E-state index in [0.29, 0.717) is 33.0 Å². The summed E-state index contributed by atoms with van der Waals surface area (Å²) >= 11 is 8.57. The van der Waals surface area contributed by atoms with Gasteiger partial charge in [-0.25, -0.2) is 9.79 Å². The van der Waals surface area contributed by atoms with Gasteiger partial charge in [0.05, 0.1) is 37.4 Å². The fraction of sp³-hybridized carbons (Fsp3) is 0.219. The molecule has 0 radical (unpaired) electrons. The largest absolute Gasteiger partial charge is 0.487 e. The highest BCUT2D eigenvalue weighted by atomic mass is 79.9. The van der Waals surface area contributed by atoms with E-state index in [1.165, 1.54) is 16.9 Å². The molecule has 1 aromatic heterocycles. The number of thiazole rings is 1.